The van der Waals surface area contributed by atoms with Crippen molar-refractivity contribution in [3.8, 4) is 0 Å². The maximum Gasteiger partial charge on any atom is 0.246 e. The van der Waals surface area contributed by atoms with E-state index in [1.807, 2.05) is 0 Å². The van der Waals surface area contributed by atoms with Gasteiger partial charge in [0.25, 0.3) is 0 Å². The van der Waals surface area contributed by atoms with Crippen molar-refractivity contribution in [1.82, 2.24) is 10.2 Å². The Morgan fingerprint density at radius 3 is 2.95 bits per heavy atom. The Balaban J connectivity index is 1.98. The zero-order valence-corrected chi connectivity index (χ0v) is 12.2. The van der Waals surface area contributed by atoms with Crippen molar-refractivity contribution in [3.05, 3.63) is 47.3 Å². The molecule has 4 nitrogen and oxygen atoms in total. The largest absolute Gasteiger partial charge is 0.350 e. The number of likely N-dealkylation sites (tertiary alicyclic amines) is 1. The van der Waals surface area contributed by atoms with E-state index in [0.29, 0.717) is 23.6 Å². The molecule has 1 saturated heterocycles. The van der Waals surface area contributed by atoms with Gasteiger partial charge in [0.2, 0.25) is 11.8 Å². The average molecular weight is 311 g/mol. The van der Waals surface area contributed by atoms with Crippen molar-refractivity contribution in [2.45, 2.75) is 25.4 Å². The second-order valence-electron chi connectivity index (χ2n) is 4.85. The summed E-state index contributed by atoms with van der Waals surface area (Å²) in [4.78, 5) is 25.3. The van der Waals surface area contributed by atoms with Crippen LogP contribution in [0, 0.1) is 5.82 Å². The van der Waals surface area contributed by atoms with Gasteiger partial charge in [-0.1, -0.05) is 24.2 Å². The number of nitrogens with one attached hydrogen (secondary N) is 1. The van der Waals surface area contributed by atoms with Crippen LogP contribution in [-0.4, -0.2) is 29.3 Å². The number of amides is 2. The molecule has 112 valence electrons. The van der Waals surface area contributed by atoms with Crippen molar-refractivity contribution in [1.29, 1.82) is 0 Å². The molecule has 2 amide bonds. The second-order valence-corrected chi connectivity index (χ2v) is 5.28. The zero-order valence-electron chi connectivity index (χ0n) is 11.4. The number of rotatable bonds is 4. The third-order valence-electron chi connectivity index (χ3n) is 3.48. The summed E-state index contributed by atoms with van der Waals surface area (Å²) in [5.41, 5.74) is 0.354. The van der Waals surface area contributed by atoms with Gasteiger partial charge in [0, 0.05) is 23.7 Å². The Kier molecular flexibility index (Phi) is 4.96. The maximum absolute atomic E-state index is 13.6. The van der Waals surface area contributed by atoms with Crippen LogP contribution in [0.5, 0.6) is 0 Å². The summed E-state index contributed by atoms with van der Waals surface area (Å²) < 4.78 is 13.6. The molecule has 21 heavy (non-hydrogen) atoms. The lowest BCUT2D eigenvalue weighted by Crippen LogP contribution is -2.45. The molecule has 1 aromatic carbocycles. The number of nitrogens with zero attached hydrogens (tertiary/aromatic N) is 1. The summed E-state index contributed by atoms with van der Waals surface area (Å²) in [7, 11) is 0. The molecule has 6 heteroatoms. The first-order chi connectivity index (χ1) is 10.0. The van der Waals surface area contributed by atoms with E-state index >= 15 is 0 Å². The fraction of sp³-hybridized carbons (Fsp3) is 0.333. The smallest absolute Gasteiger partial charge is 0.246 e. The highest BCUT2D eigenvalue weighted by Gasteiger charge is 2.32. The van der Waals surface area contributed by atoms with Crippen molar-refractivity contribution < 1.29 is 14.0 Å². The predicted molar refractivity (Wildman–Crippen MR) is 78.2 cm³/mol. The van der Waals surface area contributed by atoms with Gasteiger partial charge >= 0.3 is 0 Å². The molecule has 1 fully saturated rings. The van der Waals surface area contributed by atoms with Crippen LogP contribution in [0.15, 0.2) is 30.9 Å². The molecule has 0 spiro atoms. The minimum atomic E-state index is -0.508. The van der Waals surface area contributed by atoms with Gasteiger partial charge < -0.3 is 10.2 Å². The molecule has 1 aliphatic rings. The minimum Gasteiger partial charge on any atom is -0.350 e. The first-order valence-corrected chi connectivity index (χ1v) is 7.05. The molecular weight excluding hydrogens is 295 g/mol. The van der Waals surface area contributed by atoms with Gasteiger partial charge in [-0.25, -0.2) is 4.39 Å². The number of carbonyl (C=O) groups excluding carboxylic acids is 2. The minimum absolute atomic E-state index is 0.0639. The number of carbonyl (C=O) groups is 2. The molecule has 0 aromatic heterocycles. The lowest BCUT2D eigenvalue weighted by molar-refractivity contribution is -0.135. The predicted octanol–water partition coefficient (Wildman–Crippen LogP) is 2.27. The average Bonchev–Trinajstić information content (AvgIpc) is 2.94. The Bertz CT molecular complexity index is 577. The number of hydrogen-bond acceptors (Lipinski definition) is 2. The topological polar surface area (TPSA) is 49.4 Å². The van der Waals surface area contributed by atoms with E-state index in [1.54, 1.807) is 6.07 Å². The van der Waals surface area contributed by atoms with Gasteiger partial charge in [-0.15, -0.1) is 0 Å². The van der Waals surface area contributed by atoms with E-state index in [1.165, 1.54) is 23.1 Å². The summed E-state index contributed by atoms with van der Waals surface area (Å²) in [5, 5.41) is 2.97. The summed E-state index contributed by atoms with van der Waals surface area (Å²) in [5.74, 6) is -1.00. The lowest BCUT2D eigenvalue weighted by Gasteiger charge is -2.22. The number of benzene rings is 1. The first kappa shape index (κ1) is 15.5. The lowest BCUT2D eigenvalue weighted by atomic mass is 10.1. The van der Waals surface area contributed by atoms with E-state index in [4.69, 9.17) is 11.6 Å². The van der Waals surface area contributed by atoms with Crippen LogP contribution in [0.4, 0.5) is 4.39 Å². The van der Waals surface area contributed by atoms with Crippen LogP contribution in [0.25, 0.3) is 0 Å². The van der Waals surface area contributed by atoms with Crippen LogP contribution >= 0.6 is 11.6 Å². The van der Waals surface area contributed by atoms with Crippen LogP contribution < -0.4 is 5.32 Å². The van der Waals surface area contributed by atoms with Gasteiger partial charge in [-0.2, -0.15) is 0 Å². The highest BCUT2D eigenvalue weighted by molar-refractivity contribution is 6.30. The van der Waals surface area contributed by atoms with E-state index in [9.17, 15) is 14.0 Å². The fourth-order valence-corrected chi connectivity index (χ4v) is 2.54. The van der Waals surface area contributed by atoms with Crippen LogP contribution in [-0.2, 0) is 16.1 Å². The Morgan fingerprint density at radius 1 is 1.52 bits per heavy atom. The summed E-state index contributed by atoms with van der Waals surface area (Å²) in [6, 6.07) is 3.78. The molecule has 1 aromatic rings. The molecule has 1 heterocycles. The van der Waals surface area contributed by atoms with E-state index in [0.717, 1.165) is 6.42 Å². The third kappa shape index (κ3) is 3.61. The number of halogens is 2. The molecule has 0 bridgehead atoms. The molecule has 2 rings (SSSR count). The van der Waals surface area contributed by atoms with Gasteiger partial charge in [0.15, 0.2) is 0 Å². The molecule has 0 saturated carbocycles. The molecule has 1 atom stereocenters. The molecule has 0 radical (unpaired) electrons. The Hall–Kier alpha value is -1.88. The summed E-state index contributed by atoms with van der Waals surface area (Å²) in [6.45, 7) is 4.03. The van der Waals surface area contributed by atoms with E-state index in [2.05, 4.69) is 11.9 Å². The molecule has 1 N–H and O–H groups in total. The van der Waals surface area contributed by atoms with Gasteiger partial charge in [-0.3, -0.25) is 9.59 Å². The molecule has 0 aliphatic carbocycles. The van der Waals surface area contributed by atoms with Crippen molar-refractivity contribution in [2.24, 2.45) is 0 Å². The van der Waals surface area contributed by atoms with Crippen LogP contribution in [0.1, 0.15) is 18.4 Å². The van der Waals surface area contributed by atoms with Gasteiger partial charge in [-0.05, 0) is 31.1 Å². The van der Waals surface area contributed by atoms with Crippen molar-refractivity contribution >= 4 is 23.4 Å². The quantitative estimate of drug-likeness (QED) is 0.867. The fourth-order valence-electron chi connectivity index (χ4n) is 2.39. The highest BCUT2D eigenvalue weighted by atomic mass is 35.5. The first-order valence-electron chi connectivity index (χ1n) is 6.67. The highest BCUT2D eigenvalue weighted by Crippen LogP contribution is 2.18. The SMILES string of the molecule is C=CC(=O)N1CCCC1C(=O)NCc1ccc(Cl)cc1F. The Labute approximate surface area is 127 Å². The molecular formula is C15H16ClFN2O2. The van der Waals surface area contributed by atoms with Crippen LogP contribution in [0.2, 0.25) is 5.02 Å². The van der Waals surface area contributed by atoms with Gasteiger partial charge in [0.05, 0.1) is 0 Å². The summed E-state index contributed by atoms with van der Waals surface area (Å²) >= 11 is 5.67. The van der Waals surface area contributed by atoms with Crippen LogP contribution in [0.3, 0.4) is 0 Å². The zero-order chi connectivity index (χ0) is 15.4. The van der Waals surface area contributed by atoms with E-state index in [-0.39, 0.29) is 18.4 Å². The maximum atomic E-state index is 13.6. The summed E-state index contributed by atoms with van der Waals surface area (Å²) in [6.07, 6.45) is 2.58. The Morgan fingerprint density at radius 2 is 2.29 bits per heavy atom. The van der Waals surface area contributed by atoms with Crippen molar-refractivity contribution in [3.63, 3.8) is 0 Å². The number of hydrogen-bond donors (Lipinski definition) is 1. The third-order valence-corrected chi connectivity index (χ3v) is 3.72. The second kappa shape index (κ2) is 6.72. The van der Waals surface area contributed by atoms with Gasteiger partial charge in [0.1, 0.15) is 11.9 Å². The van der Waals surface area contributed by atoms with Crippen molar-refractivity contribution in [2.75, 3.05) is 6.54 Å². The molecule has 1 unspecified atom stereocenters. The monoisotopic (exact) mass is 310 g/mol. The normalized spacial score (nSPS) is 17.6. The standard InChI is InChI=1S/C15H16ClFN2O2/c1-2-14(20)19-7-3-4-13(19)15(21)18-9-10-5-6-11(16)8-12(10)17/h2,5-6,8,13H,1,3-4,7,9H2,(H,18,21). The van der Waals surface area contributed by atoms with E-state index < -0.39 is 11.9 Å². The molecule has 1 aliphatic heterocycles.